The topological polar surface area (TPSA) is 44.1 Å². The van der Waals surface area contributed by atoms with Gasteiger partial charge in [-0.2, -0.15) is 11.8 Å². The third kappa shape index (κ3) is 2.77. The summed E-state index contributed by atoms with van der Waals surface area (Å²) >= 11 is 1.71. The molecule has 78 valence electrons. The number of esters is 1. The van der Waals surface area contributed by atoms with Gasteiger partial charge < -0.3 is 9.30 Å². The van der Waals surface area contributed by atoms with Crippen LogP contribution in [-0.4, -0.2) is 34.6 Å². The van der Waals surface area contributed by atoms with E-state index < -0.39 is 0 Å². The minimum absolute atomic E-state index is 0.211. The van der Waals surface area contributed by atoms with Crippen LogP contribution >= 0.6 is 11.8 Å². The third-order valence-corrected chi connectivity index (χ3v) is 2.60. The maximum atomic E-state index is 11.4. The second-order valence-electron chi connectivity index (χ2n) is 2.83. The molecule has 4 nitrogen and oxygen atoms in total. The quantitative estimate of drug-likeness (QED) is 0.694. The first kappa shape index (κ1) is 11.1. The molecule has 0 aliphatic rings. The molecule has 0 radical (unpaired) electrons. The number of hydrogen-bond acceptors (Lipinski definition) is 4. The molecule has 0 N–H and O–H groups in total. The Hall–Kier alpha value is -0.970. The second kappa shape index (κ2) is 5.70. The Labute approximate surface area is 87.7 Å². The standard InChI is InChI=1S/C9H14N2O2S/c1-13-9(12)8(3-6-14-2)11-5-4-10-7-11/h4-5,7-8H,3,6H2,1-2H3/t8-/m0/s1. The van der Waals surface area contributed by atoms with E-state index in [2.05, 4.69) is 4.98 Å². The van der Waals surface area contributed by atoms with E-state index >= 15 is 0 Å². The number of nitrogens with zero attached hydrogens (tertiary/aromatic N) is 2. The predicted octanol–water partition coefficient (Wildman–Crippen LogP) is 1.35. The summed E-state index contributed by atoms with van der Waals surface area (Å²) in [6.45, 7) is 0. The van der Waals surface area contributed by atoms with E-state index in [0.29, 0.717) is 0 Å². The van der Waals surface area contributed by atoms with E-state index in [1.54, 1.807) is 35.0 Å². The summed E-state index contributed by atoms with van der Waals surface area (Å²) in [4.78, 5) is 15.4. The van der Waals surface area contributed by atoms with Gasteiger partial charge in [-0.3, -0.25) is 0 Å². The van der Waals surface area contributed by atoms with Crippen molar-refractivity contribution in [1.29, 1.82) is 0 Å². The molecule has 0 aliphatic carbocycles. The van der Waals surface area contributed by atoms with Crippen LogP contribution in [0.1, 0.15) is 12.5 Å². The fourth-order valence-electron chi connectivity index (χ4n) is 1.21. The van der Waals surface area contributed by atoms with E-state index in [-0.39, 0.29) is 12.0 Å². The van der Waals surface area contributed by atoms with Gasteiger partial charge in [0, 0.05) is 12.4 Å². The van der Waals surface area contributed by atoms with Crippen LogP contribution in [0.15, 0.2) is 18.7 Å². The van der Waals surface area contributed by atoms with Crippen molar-refractivity contribution in [3.8, 4) is 0 Å². The monoisotopic (exact) mass is 214 g/mol. The highest BCUT2D eigenvalue weighted by Crippen LogP contribution is 2.15. The van der Waals surface area contributed by atoms with Crippen LogP contribution in [0.5, 0.6) is 0 Å². The first-order valence-electron chi connectivity index (χ1n) is 4.33. The number of methoxy groups -OCH3 is 1. The number of imidazole rings is 1. The highest BCUT2D eigenvalue weighted by atomic mass is 32.2. The molecule has 0 amide bonds. The second-order valence-corrected chi connectivity index (χ2v) is 3.82. The van der Waals surface area contributed by atoms with Crippen LogP contribution in [0.4, 0.5) is 0 Å². The molecule has 1 rings (SSSR count). The Kier molecular flexibility index (Phi) is 4.52. The zero-order valence-corrected chi connectivity index (χ0v) is 9.16. The van der Waals surface area contributed by atoms with E-state index in [0.717, 1.165) is 12.2 Å². The fourth-order valence-corrected chi connectivity index (χ4v) is 1.67. The number of rotatable bonds is 5. The average molecular weight is 214 g/mol. The summed E-state index contributed by atoms with van der Waals surface area (Å²) in [5.41, 5.74) is 0. The van der Waals surface area contributed by atoms with Crippen LogP contribution in [0.2, 0.25) is 0 Å². The number of thioether (sulfide) groups is 1. The van der Waals surface area contributed by atoms with Crippen molar-refractivity contribution in [3.63, 3.8) is 0 Å². The molecule has 1 aromatic rings. The highest BCUT2D eigenvalue weighted by molar-refractivity contribution is 7.98. The third-order valence-electron chi connectivity index (χ3n) is 1.95. The first-order valence-corrected chi connectivity index (χ1v) is 5.73. The van der Waals surface area contributed by atoms with Crippen molar-refractivity contribution in [2.24, 2.45) is 0 Å². The SMILES string of the molecule is COC(=O)[C@H](CCSC)n1ccnc1. The normalized spacial score (nSPS) is 12.4. The predicted molar refractivity (Wildman–Crippen MR) is 56.3 cm³/mol. The van der Waals surface area contributed by atoms with Crippen LogP contribution in [0.25, 0.3) is 0 Å². The van der Waals surface area contributed by atoms with Gasteiger partial charge >= 0.3 is 5.97 Å². The van der Waals surface area contributed by atoms with Crippen LogP contribution < -0.4 is 0 Å². The summed E-state index contributed by atoms with van der Waals surface area (Å²) in [6, 6.07) is -0.241. The summed E-state index contributed by atoms with van der Waals surface area (Å²) in [5, 5.41) is 0. The molecule has 1 atom stereocenters. The maximum Gasteiger partial charge on any atom is 0.328 e. The van der Waals surface area contributed by atoms with Crippen molar-refractivity contribution in [2.75, 3.05) is 19.1 Å². The number of carbonyl (C=O) groups excluding carboxylic acids is 1. The zero-order valence-electron chi connectivity index (χ0n) is 8.34. The molecule has 5 heteroatoms. The molecule has 1 aromatic heterocycles. The molecule has 0 saturated carbocycles. The summed E-state index contributed by atoms with van der Waals surface area (Å²) in [7, 11) is 1.41. The molecule has 1 heterocycles. The van der Waals surface area contributed by atoms with Gasteiger partial charge in [-0.25, -0.2) is 9.78 Å². The fraction of sp³-hybridized carbons (Fsp3) is 0.556. The van der Waals surface area contributed by atoms with Gasteiger partial charge in [0.1, 0.15) is 6.04 Å². The lowest BCUT2D eigenvalue weighted by atomic mass is 10.2. The lowest BCUT2D eigenvalue weighted by Gasteiger charge is -2.14. The Bertz CT molecular complexity index is 274. The number of hydrogen-bond donors (Lipinski definition) is 0. The molecule has 0 spiro atoms. The Balaban J connectivity index is 2.67. The van der Waals surface area contributed by atoms with Gasteiger partial charge in [0.15, 0.2) is 0 Å². The molecule has 0 unspecified atom stereocenters. The molecule has 0 saturated heterocycles. The smallest absolute Gasteiger partial charge is 0.328 e. The van der Waals surface area contributed by atoms with Crippen molar-refractivity contribution in [1.82, 2.24) is 9.55 Å². The molecule has 0 aromatic carbocycles. The Morgan fingerprint density at radius 2 is 2.50 bits per heavy atom. The van der Waals surface area contributed by atoms with Crippen molar-refractivity contribution >= 4 is 17.7 Å². The van der Waals surface area contributed by atoms with Crippen LogP contribution in [-0.2, 0) is 9.53 Å². The van der Waals surface area contributed by atoms with Crippen LogP contribution in [0.3, 0.4) is 0 Å². The Morgan fingerprint density at radius 3 is 3.00 bits per heavy atom. The van der Waals surface area contributed by atoms with Gasteiger partial charge in [0.25, 0.3) is 0 Å². The number of ether oxygens (including phenoxy) is 1. The van der Waals surface area contributed by atoms with Gasteiger partial charge in [-0.05, 0) is 18.4 Å². The van der Waals surface area contributed by atoms with Gasteiger partial charge in [0.05, 0.1) is 13.4 Å². The Morgan fingerprint density at radius 1 is 1.71 bits per heavy atom. The minimum atomic E-state index is -0.241. The summed E-state index contributed by atoms with van der Waals surface area (Å²) in [6.07, 6.45) is 7.87. The summed E-state index contributed by atoms with van der Waals surface area (Å²) < 4.78 is 6.52. The van der Waals surface area contributed by atoms with Crippen molar-refractivity contribution in [3.05, 3.63) is 18.7 Å². The zero-order chi connectivity index (χ0) is 10.4. The molecule has 0 fully saturated rings. The van der Waals surface area contributed by atoms with Crippen LogP contribution in [0, 0.1) is 0 Å². The van der Waals surface area contributed by atoms with Gasteiger partial charge in [0.2, 0.25) is 0 Å². The average Bonchev–Trinajstić information content (AvgIpc) is 2.71. The largest absolute Gasteiger partial charge is 0.467 e. The van der Waals surface area contributed by atoms with Gasteiger partial charge in [-0.15, -0.1) is 0 Å². The number of carbonyl (C=O) groups is 1. The van der Waals surface area contributed by atoms with Crippen molar-refractivity contribution in [2.45, 2.75) is 12.5 Å². The number of aromatic nitrogens is 2. The van der Waals surface area contributed by atoms with E-state index in [9.17, 15) is 4.79 Å². The molecular formula is C9H14N2O2S. The lowest BCUT2D eigenvalue weighted by Crippen LogP contribution is -2.20. The summed E-state index contributed by atoms with van der Waals surface area (Å²) in [5.74, 6) is 0.717. The molecule has 0 bridgehead atoms. The van der Waals surface area contributed by atoms with E-state index in [4.69, 9.17) is 4.74 Å². The highest BCUT2D eigenvalue weighted by Gasteiger charge is 2.19. The van der Waals surface area contributed by atoms with Gasteiger partial charge in [-0.1, -0.05) is 0 Å². The molecule has 0 aliphatic heterocycles. The minimum Gasteiger partial charge on any atom is -0.467 e. The molecule has 14 heavy (non-hydrogen) atoms. The van der Waals surface area contributed by atoms with E-state index in [1.807, 2.05) is 6.26 Å². The maximum absolute atomic E-state index is 11.4. The van der Waals surface area contributed by atoms with Crippen molar-refractivity contribution < 1.29 is 9.53 Å². The molecular weight excluding hydrogens is 200 g/mol. The lowest BCUT2D eigenvalue weighted by molar-refractivity contribution is -0.144. The first-order chi connectivity index (χ1) is 6.79. The van der Waals surface area contributed by atoms with E-state index in [1.165, 1.54) is 7.11 Å².